The quantitative estimate of drug-likeness (QED) is 0.431. The number of thioether (sulfide) groups is 1. The van der Waals surface area contributed by atoms with Crippen LogP contribution in [0.5, 0.6) is 5.75 Å². The van der Waals surface area contributed by atoms with Gasteiger partial charge in [-0.1, -0.05) is 0 Å². The molecule has 7 nitrogen and oxygen atoms in total. The standard InChI is InChI=1S/C12H14N2O5S/c13-10(16)6-20-4-3-11(17)14-9-2-1-7(15)5-8(9)12(18)19/h1-2,5,15H,3-4,6H2,(H2,13,16)(H,14,17)(H,18,19). The molecule has 0 atom stereocenters. The number of rotatable bonds is 7. The second-order valence-corrected chi connectivity index (χ2v) is 4.96. The number of nitrogens with one attached hydrogen (secondary N) is 1. The third kappa shape index (κ3) is 5.19. The summed E-state index contributed by atoms with van der Waals surface area (Å²) in [6.45, 7) is 0. The first-order valence-electron chi connectivity index (χ1n) is 5.62. The van der Waals surface area contributed by atoms with Gasteiger partial charge in [-0.25, -0.2) is 4.79 Å². The lowest BCUT2D eigenvalue weighted by molar-refractivity contribution is -0.116. The van der Waals surface area contributed by atoms with Crippen LogP contribution in [0.4, 0.5) is 5.69 Å². The summed E-state index contributed by atoms with van der Waals surface area (Å²) in [5.74, 6) is -1.75. The molecule has 20 heavy (non-hydrogen) atoms. The molecule has 0 heterocycles. The summed E-state index contributed by atoms with van der Waals surface area (Å²) in [7, 11) is 0. The van der Waals surface area contributed by atoms with Crippen LogP contribution in [-0.4, -0.2) is 39.5 Å². The largest absolute Gasteiger partial charge is 0.508 e. The number of aromatic hydroxyl groups is 1. The molecule has 0 spiro atoms. The van der Waals surface area contributed by atoms with Gasteiger partial charge in [-0.15, -0.1) is 0 Å². The van der Waals surface area contributed by atoms with Crippen molar-refractivity contribution in [3.63, 3.8) is 0 Å². The fourth-order valence-electron chi connectivity index (χ4n) is 1.37. The van der Waals surface area contributed by atoms with Crippen LogP contribution in [-0.2, 0) is 9.59 Å². The van der Waals surface area contributed by atoms with E-state index in [1.54, 1.807) is 0 Å². The van der Waals surface area contributed by atoms with E-state index in [1.165, 1.54) is 23.9 Å². The van der Waals surface area contributed by atoms with E-state index in [-0.39, 0.29) is 35.1 Å². The highest BCUT2D eigenvalue weighted by atomic mass is 32.2. The van der Waals surface area contributed by atoms with E-state index in [4.69, 9.17) is 10.8 Å². The van der Waals surface area contributed by atoms with Crippen molar-refractivity contribution < 1.29 is 24.6 Å². The molecule has 1 aromatic rings. The topological polar surface area (TPSA) is 130 Å². The van der Waals surface area contributed by atoms with Gasteiger partial charge in [0, 0.05) is 12.2 Å². The minimum atomic E-state index is -1.25. The lowest BCUT2D eigenvalue weighted by Gasteiger charge is -2.08. The molecule has 0 fully saturated rings. The molecular formula is C12H14N2O5S. The van der Waals surface area contributed by atoms with Crippen LogP contribution in [0.1, 0.15) is 16.8 Å². The van der Waals surface area contributed by atoms with E-state index in [1.807, 2.05) is 0 Å². The number of benzene rings is 1. The third-order valence-corrected chi connectivity index (χ3v) is 3.21. The predicted molar refractivity (Wildman–Crippen MR) is 74.8 cm³/mol. The zero-order chi connectivity index (χ0) is 15.1. The molecule has 2 amide bonds. The van der Waals surface area contributed by atoms with E-state index in [9.17, 15) is 19.5 Å². The molecule has 108 valence electrons. The molecule has 0 unspecified atom stereocenters. The molecular weight excluding hydrogens is 284 g/mol. The average molecular weight is 298 g/mol. The van der Waals surface area contributed by atoms with Gasteiger partial charge in [0.05, 0.1) is 17.0 Å². The van der Waals surface area contributed by atoms with Crippen molar-refractivity contribution in [1.82, 2.24) is 0 Å². The second kappa shape index (κ2) is 7.39. The number of anilines is 1. The summed E-state index contributed by atoms with van der Waals surface area (Å²) in [5, 5.41) is 20.6. The smallest absolute Gasteiger partial charge is 0.337 e. The number of aromatic carboxylic acids is 1. The van der Waals surface area contributed by atoms with Crippen LogP contribution >= 0.6 is 11.8 Å². The van der Waals surface area contributed by atoms with Gasteiger partial charge in [0.25, 0.3) is 0 Å². The third-order valence-electron chi connectivity index (χ3n) is 2.23. The Kier molecular flexibility index (Phi) is 5.85. The van der Waals surface area contributed by atoms with Gasteiger partial charge in [0.2, 0.25) is 11.8 Å². The lowest BCUT2D eigenvalue weighted by atomic mass is 10.1. The molecule has 0 saturated carbocycles. The summed E-state index contributed by atoms with van der Waals surface area (Å²) in [4.78, 5) is 33.1. The molecule has 1 rings (SSSR count). The number of carboxylic acids is 1. The number of hydrogen-bond donors (Lipinski definition) is 4. The van der Waals surface area contributed by atoms with Gasteiger partial charge >= 0.3 is 5.97 Å². The number of carbonyl (C=O) groups excluding carboxylic acids is 2. The van der Waals surface area contributed by atoms with Crippen LogP contribution in [0.3, 0.4) is 0 Å². The van der Waals surface area contributed by atoms with Gasteiger partial charge in [0.15, 0.2) is 0 Å². The SMILES string of the molecule is NC(=O)CSCCC(=O)Nc1ccc(O)cc1C(=O)O. The van der Waals surface area contributed by atoms with Crippen molar-refractivity contribution in [3.8, 4) is 5.75 Å². The van der Waals surface area contributed by atoms with E-state index in [2.05, 4.69) is 5.32 Å². The highest BCUT2D eigenvalue weighted by Gasteiger charge is 2.13. The monoisotopic (exact) mass is 298 g/mol. The number of primary amides is 1. The molecule has 1 aromatic carbocycles. The van der Waals surface area contributed by atoms with Crippen molar-refractivity contribution >= 4 is 35.2 Å². The maximum Gasteiger partial charge on any atom is 0.337 e. The fourth-order valence-corrected chi connectivity index (χ4v) is 2.04. The number of carbonyl (C=O) groups is 3. The zero-order valence-corrected chi connectivity index (χ0v) is 11.3. The zero-order valence-electron chi connectivity index (χ0n) is 10.5. The molecule has 0 aliphatic carbocycles. The first-order valence-corrected chi connectivity index (χ1v) is 6.78. The Bertz CT molecular complexity index is 533. The van der Waals surface area contributed by atoms with E-state index in [0.717, 1.165) is 6.07 Å². The Hall–Kier alpha value is -2.22. The number of nitrogens with two attached hydrogens (primary N) is 1. The Morgan fingerprint density at radius 3 is 2.60 bits per heavy atom. The van der Waals surface area contributed by atoms with Crippen molar-refractivity contribution in [2.45, 2.75) is 6.42 Å². The highest BCUT2D eigenvalue weighted by molar-refractivity contribution is 7.99. The van der Waals surface area contributed by atoms with Crippen LogP contribution in [0.15, 0.2) is 18.2 Å². The van der Waals surface area contributed by atoms with Gasteiger partial charge in [-0.2, -0.15) is 11.8 Å². The first-order chi connectivity index (χ1) is 9.40. The Morgan fingerprint density at radius 2 is 2.00 bits per heavy atom. The van der Waals surface area contributed by atoms with Crippen molar-refractivity contribution in [2.24, 2.45) is 5.73 Å². The lowest BCUT2D eigenvalue weighted by Crippen LogP contribution is -2.17. The van der Waals surface area contributed by atoms with Crippen LogP contribution in [0, 0.1) is 0 Å². The van der Waals surface area contributed by atoms with E-state index < -0.39 is 11.9 Å². The maximum atomic E-state index is 11.6. The minimum absolute atomic E-state index is 0.111. The number of carboxylic acid groups (broad SMARTS) is 1. The minimum Gasteiger partial charge on any atom is -0.508 e. The molecule has 0 aromatic heterocycles. The van der Waals surface area contributed by atoms with E-state index in [0.29, 0.717) is 5.75 Å². The average Bonchev–Trinajstić information content (AvgIpc) is 2.36. The summed E-state index contributed by atoms with van der Waals surface area (Å²) in [5.41, 5.74) is 4.87. The Labute approximate surface area is 119 Å². The predicted octanol–water partition coefficient (Wildman–Crippen LogP) is 0.637. The second-order valence-electron chi connectivity index (χ2n) is 3.85. The maximum absolute atomic E-state index is 11.6. The molecule has 0 aliphatic rings. The molecule has 0 bridgehead atoms. The van der Waals surface area contributed by atoms with Crippen LogP contribution < -0.4 is 11.1 Å². The summed E-state index contributed by atoms with van der Waals surface area (Å²) >= 11 is 1.22. The highest BCUT2D eigenvalue weighted by Crippen LogP contribution is 2.21. The van der Waals surface area contributed by atoms with Gasteiger partial charge in [0.1, 0.15) is 5.75 Å². The number of phenolic OH excluding ortho intramolecular Hbond substituents is 1. The number of hydrogen-bond acceptors (Lipinski definition) is 5. The van der Waals surface area contributed by atoms with Crippen LogP contribution in [0.25, 0.3) is 0 Å². The van der Waals surface area contributed by atoms with Gasteiger partial charge < -0.3 is 21.3 Å². The fraction of sp³-hybridized carbons (Fsp3) is 0.250. The van der Waals surface area contributed by atoms with Gasteiger partial charge in [-0.05, 0) is 18.2 Å². The van der Waals surface area contributed by atoms with E-state index >= 15 is 0 Å². The summed E-state index contributed by atoms with van der Waals surface area (Å²) in [6.07, 6.45) is 0.123. The van der Waals surface area contributed by atoms with Crippen molar-refractivity contribution in [3.05, 3.63) is 23.8 Å². The van der Waals surface area contributed by atoms with Crippen molar-refractivity contribution in [2.75, 3.05) is 16.8 Å². The van der Waals surface area contributed by atoms with Crippen molar-refractivity contribution in [1.29, 1.82) is 0 Å². The normalized spacial score (nSPS) is 10.0. The number of amides is 2. The summed E-state index contributed by atoms with van der Waals surface area (Å²) in [6, 6.07) is 3.65. The molecule has 0 aliphatic heterocycles. The van der Waals surface area contributed by atoms with Crippen LogP contribution in [0.2, 0.25) is 0 Å². The Morgan fingerprint density at radius 1 is 1.30 bits per heavy atom. The molecule has 5 N–H and O–H groups in total. The molecule has 0 radical (unpaired) electrons. The Balaban J connectivity index is 2.57. The number of phenols is 1. The first kappa shape index (κ1) is 15.8. The van der Waals surface area contributed by atoms with Gasteiger partial charge in [-0.3, -0.25) is 9.59 Å². The molecule has 0 saturated heterocycles. The summed E-state index contributed by atoms with van der Waals surface area (Å²) < 4.78 is 0. The molecule has 8 heteroatoms.